The number of hydrogen-bond donors (Lipinski definition) is 0. The summed E-state index contributed by atoms with van der Waals surface area (Å²) in [7, 11) is 0.277. The van der Waals surface area contributed by atoms with Crippen molar-refractivity contribution in [3.8, 4) is 5.75 Å². The van der Waals surface area contributed by atoms with E-state index >= 15 is 0 Å². The van der Waals surface area contributed by atoms with E-state index in [9.17, 15) is 4.79 Å². The van der Waals surface area contributed by atoms with Gasteiger partial charge in [-0.3, -0.25) is 0 Å². The highest BCUT2D eigenvalue weighted by molar-refractivity contribution is 6.99. The molecule has 0 aliphatic heterocycles. The SMILES string of the molecule is COC(=O)[C@]1(OCc2ccc(OC)cc2)CCC=C[C@H]1CO[Si](c1ccccc1)(c1ccccc1)C(C)(C)C. The molecule has 0 bridgehead atoms. The minimum absolute atomic E-state index is 0.175. The molecule has 0 aromatic heterocycles. The first-order chi connectivity index (χ1) is 18.8. The number of carbonyl (C=O) groups excluding carboxylic acids is 1. The summed E-state index contributed by atoms with van der Waals surface area (Å²) in [6.45, 7) is 7.38. The Balaban J connectivity index is 1.70. The van der Waals surface area contributed by atoms with Crippen molar-refractivity contribution in [1.82, 2.24) is 0 Å². The summed E-state index contributed by atoms with van der Waals surface area (Å²) in [6, 6.07) is 28.8. The summed E-state index contributed by atoms with van der Waals surface area (Å²) >= 11 is 0. The van der Waals surface area contributed by atoms with Crippen LogP contribution in [0.15, 0.2) is 97.1 Å². The second-order valence-corrected chi connectivity index (χ2v) is 15.4. The van der Waals surface area contributed by atoms with E-state index in [1.54, 1.807) is 7.11 Å². The van der Waals surface area contributed by atoms with E-state index in [1.165, 1.54) is 17.5 Å². The van der Waals surface area contributed by atoms with Crippen LogP contribution in [0.2, 0.25) is 5.04 Å². The van der Waals surface area contributed by atoms with Gasteiger partial charge in [-0.15, -0.1) is 0 Å². The lowest BCUT2D eigenvalue weighted by Crippen LogP contribution is -2.67. The van der Waals surface area contributed by atoms with Crippen molar-refractivity contribution in [2.24, 2.45) is 5.92 Å². The third kappa shape index (κ3) is 5.88. The fraction of sp³-hybridized carbons (Fsp3) is 0.364. The Hall–Kier alpha value is -3.19. The molecule has 0 fully saturated rings. The molecule has 1 aliphatic carbocycles. The van der Waals surface area contributed by atoms with Crippen LogP contribution < -0.4 is 15.1 Å². The first-order valence-electron chi connectivity index (χ1n) is 13.5. The van der Waals surface area contributed by atoms with Crippen LogP contribution in [0.1, 0.15) is 39.2 Å². The van der Waals surface area contributed by atoms with Crippen LogP contribution >= 0.6 is 0 Å². The van der Waals surface area contributed by atoms with E-state index in [0.29, 0.717) is 13.0 Å². The van der Waals surface area contributed by atoms with Gasteiger partial charge in [0.2, 0.25) is 0 Å². The average Bonchev–Trinajstić information content (AvgIpc) is 2.97. The zero-order chi connectivity index (χ0) is 27.9. The Kier molecular flexibility index (Phi) is 9.11. The molecular formula is C33H40O5Si. The third-order valence-electron chi connectivity index (χ3n) is 7.73. The third-order valence-corrected chi connectivity index (χ3v) is 12.7. The van der Waals surface area contributed by atoms with Crippen LogP contribution in [0.4, 0.5) is 0 Å². The molecule has 1 aliphatic rings. The first kappa shape index (κ1) is 28.8. The molecule has 0 radical (unpaired) electrons. The number of allylic oxidation sites excluding steroid dienone is 1. The van der Waals surface area contributed by atoms with E-state index in [1.807, 2.05) is 36.4 Å². The van der Waals surface area contributed by atoms with Gasteiger partial charge in [0.05, 0.1) is 20.8 Å². The lowest BCUT2D eigenvalue weighted by Gasteiger charge is -2.45. The highest BCUT2D eigenvalue weighted by Crippen LogP contribution is 2.40. The number of esters is 1. The molecule has 3 aromatic carbocycles. The Labute approximate surface area is 233 Å². The van der Waals surface area contributed by atoms with Gasteiger partial charge in [-0.1, -0.05) is 106 Å². The lowest BCUT2D eigenvalue weighted by molar-refractivity contribution is -0.182. The molecule has 0 spiro atoms. The van der Waals surface area contributed by atoms with Crippen LogP contribution in [0.5, 0.6) is 5.75 Å². The molecule has 206 valence electrons. The van der Waals surface area contributed by atoms with Crippen molar-refractivity contribution in [3.63, 3.8) is 0 Å². The summed E-state index contributed by atoms with van der Waals surface area (Å²) in [5, 5.41) is 2.23. The molecule has 0 amide bonds. The molecule has 0 unspecified atom stereocenters. The summed E-state index contributed by atoms with van der Waals surface area (Å²) in [6.07, 6.45) is 5.46. The van der Waals surface area contributed by atoms with Gasteiger partial charge in [0, 0.05) is 12.5 Å². The van der Waals surface area contributed by atoms with Gasteiger partial charge in [-0.05, 0) is 45.9 Å². The Bertz CT molecular complexity index is 1200. The standard InChI is InChI=1S/C33H40O5Si/c1-32(2,3)39(29-15-8-6-9-16-29,30-17-10-7-11-18-30)38-25-27-14-12-13-23-33(27,31(34)36-5)37-24-26-19-21-28(35-4)22-20-26/h6-12,14-22,27H,13,23-25H2,1-5H3/t27-,33-/m0/s1. The summed E-state index contributed by atoms with van der Waals surface area (Å²) < 4.78 is 24.4. The van der Waals surface area contributed by atoms with Crippen molar-refractivity contribution in [3.05, 3.63) is 103 Å². The quantitative estimate of drug-likeness (QED) is 0.187. The molecule has 5 nitrogen and oxygen atoms in total. The molecule has 0 heterocycles. The Morgan fingerprint density at radius 2 is 1.49 bits per heavy atom. The number of hydrogen-bond acceptors (Lipinski definition) is 5. The average molecular weight is 545 g/mol. The second kappa shape index (κ2) is 12.3. The highest BCUT2D eigenvalue weighted by Gasteiger charge is 2.53. The predicted molar refractivity (Wildman–Crippen MR) is 158 cm³/mol. The van der Waals surface area contributed by atoms with Gasteiger partial charge in [0.25, 0.3) is 8.32 Å². The number of ether oxygens (including phenoxy) is 3. The van der Waals surface area contributed by atoms with Crippen molar-refractivity contribution >= 4 is 24.7 Å². The summed E-state index contributed by atoms with van der Waals surface area (Å²) in [5.74, 6) is 0.105. The normalized spacial score (nSPS) is 19.5. The Morgan fingerprint density at radius 1 is 0.897 bits per heavy atom. The molecule has 39 heavy (non-hydrogen) atoms. The maximum atomic E-state index is 13.4. The van der Waals surface area contributed by atoms with Crippen molar-refractivity contribution < 1.29 is 23.4 Å². The van der Waals surface area contributed by atoms with Gasteiger partial charge < -0.3 is 18.6 Å². The smallest absolute Gasteiger partial charge is 0.338 e. The van der Waals surface area contributed by atoms with Crippen molar-refractivity contribution in [2.75, 3.05) is 20.8 Å². The zero-order valence-corrected chi connectivity index (χ0v) is 24.7. The van der Waals surface area contributed by atoms with Gasteiger partial charge in [0.1, 0.15) is 5.75 Å². The molecule has 6 heteroatoms. The van der Waals surface area contributed by atoms with Crippen LogP contribution in [0.3, 0.4) is 0 Å². The number of rotatable bonds is 10. The minimum atomic E-state index is -2.79. The highest BCUT2D eigenvalue weighted by atomic mass is 28.4. The van der Waals surface area contributed by atoms with Crippen LogP contribution in [0, 0.1) is 5.92 Å². The van der Waals surface area contributed by atoms with Crippen LogP contribution in [-0.4, -0.2) is 40.7 Å². The summed E-state index contributed by atoms with van der Waals surface area (Å²) in [4.78, 5) is 13.4. The fourth-order valence-corrected chi connectivity index (χ4v) is 10.2. The zero-order valence-electron chi connectivity index (χ0n) is 23.7. The molecule has 3 aromatic rings. The van der Waals surface area contributed by atoms with E-state index in [4.69, 9.17) is 18.6 Å². The molecule has 0 saturated carbocycles. The van der Waals surface area contributed by atoms with Gasteiger partial charge in [0.15, 0.2) is 5.60 Å². The van der Waals surface area contributed by atoms with E-state index in [2.05, 4.69) is 81.5 Å². The molecule has 2 atom stereocenters. The van der Waals surface area contributed by atoms with Crippen molar-refractivity contribution in [2.45, 2.75) is 50.9 Å². The Morgan fingerprint density at radius 3 is 2.00 bits per heavy atom. The first-order valence-corrected chi connectivity index (χ1v) is 15.4. The summed E-state index contributed by atoms with van der Waals surface area (Å²) in [5.41, 5.74) is -0.185. The van der Waals surface area contributed by atoms with E-state index in [0.717, 1.165) is 17.7 Å². The van der Waals surface area contributed by atoms with Gasteiger partial charge in [-0.25, -0.2) is 4.79 Å². The predicted octanol–water partition coefficient (Wildman–Crippen LogP) is 5.67. The minimum Gasteiger partial charge on any atom is -0.497 e. The molecule has 0 saturated heterocycles. The number of benzene rings is 3. The monoisotopic (exact) mass is 544 g/mol. The maximum Gasteiger partial charge on any atom is 0.338 e. The number of carbonyl (C=O) groups is 1. The maximum absolute atomic E-state index is 13.4. The van der Waals surface area contributed by atoms with Crippen LogP contribution in [-0.2, 0) is 25.3 Å². The lowest BCUT2D eigenvalue weighted by atomic mass is 9.79. The second-order valence-electron chi connectivity index (χ2n) is 11.1. The van der Waals surface area contributed by atoms with Gasteiger partial charge in [-0.2, -0.15) is 0 Å². The molecular weight excluding hydrogens is 504 g/mol. The van der Waals surface area contributed by atoms with Crippen molar-refractivity contribution in [1.29, 1.82) is 0 Å². The molecule has 4 rings (SSSR count). The molecule has 0 N–H and O–H groups in total. The van der Waals surface area contributed by atoms with E-state index < -0.39 is 13.9 Å². The largest absolute Gasteiger partial charge is 0.497 e. The topological polar surface area (TPSA) is 54.0 Å². The van der Waals surface area contributed by atoms with Gasteiger partial charge >= 0.3 is 5.97 Å². The van der Waals surface area contributed by atoms with E-state index in [-0.39, 0.29) is 23.5 Å². The van der Waals surface area contributed by atoms with Crippen LogP contribution in [0.25, 0.3) is 0 Å². The fourth-order valence-electron chi connectivity index (χ4n) is 5.66. The number of methoxy groups -OCH3 is 2.